The zero-order valence-corrected chi connectivity index (χ0v) is 10.4. The van der Waals surface area contributed by atoms with E-state index in [9.17, 15) is 0 Å². The monoisotopic (exact) mass is 236 g/mol. The summed E-state index contributed by atoms with van der Waals surface area (Å²) in [7, 11) is 0. The van der Waals surface area contributed by atoms with Gasteiger partial charge in [-0.05, 0) is 36.3 Å². The molecule has 0 saturated heterocycles. The normalized spacial score (nSPS) is 17.6. The van der Waals surface area contributed by atoms with Crippen molar-refractivity contribution < 1.29 is 0 Å². The summed E-state index contributed by atoms with van der Waals surface area (Å²) in [4.78, 5) is 4.41. The number of nitrogens with zero attached hydrogens (tertiary/aromatic N) is 1. The molecule has 0 radical (unpaired) electrons. The lowest BCUT2D eigenvalue weighted by molar-refractivity contribution is 0.581. The molecule has 1 aromatic heterocycles. The van der Waals surface area contributed by atoms with E-state index in [1.807, 2.05) is 18.3 Å². The number of rotatable bonds is 2. The van der Waals surface area contributed by atoms with Crippen molar-refractivity contribution in [3.8, 4) is 0 Å². The number of fused-ring (bicyclic) bond motifs is 1. The highest BCUT2D eigenvalue weighted by atomic mass is 14.9. The van der Waals surface area contributed by atoms with Crippen LogP contribution in [0.15, 0.2) is 54.4 Å². The molecule has 90 valence electrons. The third kappa shape index (κ3) is 2.14. The first-order chi connectivity index (χ1) is 8.83. The fourth-order valence-corrected chi connectivity index (χ4v) is 2.48. The molecule has 2 nitrogen and oxygen atoms in total. The van der Waals surface area contributed by atoms with Gasteiger partial charge in [0.15, 0.2) is 0 Å². The molecule has 1 aliphatic heterocycles. The van der Waals surface area contributed by atoms with E-state index in [4.69, 9.17) is 0 Å². The Hall–Kier alpha value is -2.09. The zero-order chi connectivity index (χ0) is 12.4. The molecule has 0 aliphatic carbocycles. The Labute approximate surface area is 107 Å². The number of nitrogens with one attached hydrogen (secondary N) is 1. The van der Waals surface area contributed by atoms with Crippen molar-refractivity contribution in [2.75, 3.05) is 0 Å². The van der Waals surface area contributed by atoms with Crippen LogP contribution in [-0.2, 0) is 6.42 Å². The molecule has 1 atom stereocenters. The van der Waals surface area contributed by atoms with Gasteiger partial charge >= 0.3 is 0 Å². The first kappa shape index (κ1) is 11.0. The molecule has 0 amide bonds. The average molecular weight is 236 g/mol. The van der Waals surface area contributed by atoms with Gasteiger partial charge in [-0.25, -0.2) is 0 Å². The molecule has 1 N–H and O–H groups in total. The Morgan fingerprint density at radius 1 is 1.11 bits per heavy atom. The summed E-state index contributed by atoms with van der Waals surface area (Å²) in [6.45, 7) is 2.11. The predicted octanol–water partition coefficient (Wildman–Crippen LogP) is 3.33. The highest BCUT2D eigenvalue weighted by molar-refractivity contribution is 5.59. The summed E-state index contributed by atoms with van der Waals surface area (Å²) in [5.74, 6) is 0. The van der Waals surface area contributed by atoms with E-state index in [0.717, 1.165) is 12.1 Å². The SMILES string of the molecule is CC1=Cc2ccccc2C(Cc2ccccn2)N1. The van der Waals surface area contributed by atoms with Crippen molar-refractivity contribution in [2.24, 2.45) is 0 Å². The summed E-state index contributed by atoms with van der Waals surface area (Å²) in [6.07, 6.45) is 4.97. The minimum atomic E-state index is 0.320. The van der Waals surface area contributed by atoms with Gasteiger partial charge in [-0.1, -0.05) is 30.3 Å². The van der Waals surface area contributed by atoms with E-state index in [-0.39, 0.29) is 0 Å². The van der Waals surface area contributed by atoms with E-state index in [1.165, 1.54) is 16.8 Å². The van der Waals surface area contributed by atoms with Crippen LogP contribution in [0.25, 0.3) is 6.08 Å². The third-order valence-electron chi connectivity index (χ3n) is 3.28. The molecule has 1 aromatic carbocycles. The molecule has 1 unspecified atom stereocenters. The Bertz CT molecular complexity index is 573. The lowest BCUT2D eigenvalue weighted by Gasteiger charge is -2.26. The van der Waals surface area contributed by atoms with E-state index in [0.29, 0.717) is 6.04 Å². The summed E-state index contributed by atoms with van der Waals surface area (Å²) in [6, 6.07) is 15.0. The molecule has 0 saturated carbocycles. The van der Waals surface area contributed by atoms with Gasteiger partial charge in [0.1, 0.15) is 0 Å². The van der Waals surface area contributed by atoms with Crippen LogP contribution in [0.4, 0.5) is 0 Å². The second-order valence-electron chi connectivity index (χ2n) is 4.68. The van der Waals surface area contributed by atoms with Gasteiger partial charge in [0, 0.05) is 24.0 Å². The molecule has 0 bridgehead atoms. The Balaban J connectivity index is 1.92. The maximum atomic E-state index is 4.41. The van der Waals surface area contributed by atoms with Crippen LogP contribution in [0.5, 0.6) is 0 Å². The molecule has 0 spiro atoms. The number of allylic oxidation sites excluding steroid dienone is 1. The third-order valence-corrected chi connectivity index (χ3v) is 3.28. The smallest absolute Gasteiger partial charge is 0.0572 e. The van der Waals surface area contributed by atoms with Crippen LogP contribution in [0.2, 0.25) is 0 Å². The number of hydrogen-bond donors (Lipinski definition) is 1. The lowest BCUT2D eigenvalue weighted by atomic mass is 9.93. The van der Waals surface area contributed by atoms with E-state index < -0.39 is 0 Å². The largest absolute Gasteiger partial charge is 0.381 e. The number of hydrogen-bond acceptors (Lipinski definition) is 2. The van der Waals surface area contributed by atoms with Crippen molar-refractivity contribution in [3.05, 3.63) is 71.2 Å². The highest BCUT2D eigenvalue weighted by Crippen LogP contribution is 2.27. The minimum absolute atomic E-state index is 0.320. The summed E-state index contributed by atoms with van der Waals surface area (Å²) in [5.41, 5.74) is 5.01. The van der Waals surface area contributed by atoms with E-state index in [1.54, 1.807) is 0 Å². The first-order valence-corrected chi connectivity index (χ1v) is 6.26. The van der Waals surface area contributed by atoms with Crippen molar-refractivity contribution in [1.82, 2.24) is 10.3 Å². The average Bonchev–Trinajstić information content (AvgIpc) is 2.40. The van der Waals surface area contributed by atoms with Gasteiger partial charge in [0.2, 0.25) is 0 Å². The fraction of sp³-hybridized carbons (Fsp3) is 0.188. The Morgan fingerprint density at radius 2 is 1.94 bits per heavy atom. The summed E-state index contributed by atoms with van der Waals surface area (Å²) in [5, 5.41) is 3.54. The second kappa shape index (κ2) is 4.65. The van der Waals surface area contributed by atoms with Gasteiger partial charge in [-0.2, -0.15) is 0 Å². The molecular weight excluding hydrogens is 220 g/mol. The number of pyridine rings is 1. The Morgan fingerprint density at radius 3 is 2.78 bits per heavy atom. The molecule has 1 aliphatic rings. The highest BCUT2D eigenvalue weighted by Gasteiger charge is 2.18. The fourth-order valence-electron chi connectivity index (χ4n) is 2.48. The summed E-state index contributed by atoms with van der Waals surface area (Å²) < 4.78 is 0. The van der Waals surface area contributed by atoms with Gasteiger partial charge in [0.05, 0.1) is 6.04 Å². The number of aromatic nitrogens is 1. The van der Waals surface area contributed by atoms with Crippen LogP contribution in [0.1, 0.15) is 29.8 Å². The van der Waals surface area contributed by atoms with Crippen LogP contribution in [0, 0.1) is 0 Å². The first-order valence-electron chi connectivity index (χ1n) is 6.26. The van der Waals surface area contributed by atoms with Crippen molar-refractivity contribution >= 4 is 6.08 Å². The van der Waals surface area contributed by atoms with E-state index in [2.05, 4.69) is 53.6 Å². The second-order valence-corrected chi connectivity index (χ2v) is 4.68. The standard InChI is InChI=1S/C16H16N2/c1-12-10-13-6-2-3-8-15(13)16(18-12)11-14-7-4-5-9-17-14/h2-10,16,18H,11H2,1H3. The zero-order valence-electron chi connectivity index (χ0n) is 10.4. The maximum absolute atomic E-state index is 4.41. The van der Waals surface area contributed by atoms with Crippen molar-refractivity contribution in [1.29, 1.82) is 0 Å². The van der Waals surface area contributed by atoms with Gasteiger partial charge in [-0.3, -0.25) is 4.98 Å². The van der Waals surface area contributed by atoms with Crippen molar-refractivity contribution in [2.45, 2.75) is 19.4 Å². The number of benzene rings is 1. The van der Waals surface area contributed by atoms with Gasteiger partial charge in [-0.15, -0.1) is 0 Å². The molecule has 3 rings (SSSR count). The quantitative estimate of drug-likeness (QED) is 0.865. The van der Waals surface area contributed by atoms with Crippen LogP contribution < -0.4 is 5.32 Å². The lowest BCUT2D eigenvalue weighted by Crippen LogP contribution is -2.25. The maximum Gasteiger partial charge on any atom is 0.0572 e. The van der Waals surface area contributed by atoms with Gasteiger partial charge in [0.25, 0.3) is 0 Å². The minimum Gasteiger partial charge on any atom is -0.381 e. The molecule has 2 aromatic rings. The van der Waals surface area contributed by atoms with Crippen LogP contribution in [-0.4, -0.2) is 4.98 Å². The molecular formula is C16H16N2. The molecule has 18 heavy (non-hydrogen) atoms. The molecule has 0 fully saturated rings. The van der Waals surface area contributed by atoms with Gasteiger partial charge < -0.3 is 5.32 Å². The topological polar surface area (TPSA) is 24.9 Å². The van der Waals surface area contributed by atoms with Crippen molar-refractivity contribution in [3.63, 3.8) is 0 Å². The van der Waals surface area contributed by atoms with E-state index >= 15 is 0 Å². The molecule has 2 heteroatoms. The summed E-state index contributed by atoms with van der Waals surface area (Å²) >= 11 is 0. The molecule has 2 heterocycles. The van der Waals surface area contributed by atoms with Crippen LogP contribution >= 0.6 is 0 Å². The predicted molar refractivity (Wildman–Crippen MR) is 73.9 cm³/mol. The Kier molecular flexibility index (Phi) is 2.85. The van der Waals surface area contributed by atoms with Crippen LogP contribution in [0.3, 0.4) is 0 Å².